The van der Waals surface area contributed by atoms with E-state index in [2.05, 4.69) is 0 Å². The van der Waals surface area contributed by atoms with Crippen LogP contribution >= 0.6 is 0 Å². The van der Waals surface area contributed by atoms with Crippen LogP contribution in [0.5, 0.6) is 5.75 Å². The molecule has 1 amide bonds. The van der Waals surface area contributed by atoms with Gasteiger partial charge in [-0.2, -0.15) is 0 Å². The average Bonchev–Trinajstić information content (AvgIpc) is 2.48. The van der Waals surface area contributed by atoms with Crippen molar-refractivity contribution in [3.8, 4) is 5.75 Å². The van der Waals surface area contributed by atoms with Crippen molar-refractivity contribution < 1.29 is 14.3 Å². The first kappa shape index (κ1) is 14.8. The monoisotopic (exact) mass is 278 g/mol. The van der Waals surface area contributed by atoms with Gasteiger partial charge in [0, 0.05) is 13.1 Å². The number of carbonyl (C=O) groups is 1. The summed E-state index contributed by atoms with van der Waals surface area (Å²) < 4.78 is 11.1. The first-order valence-corrected chi connectivity index (χ1v) is 7.01. The van der Waals surface area contributed by atoms with Gasteiger partial charge in [-0.1, -0.05) is 12.1 Å². The Bertz CT molecular complexity index is 464. The zero-order chi connectivity index (χ0) is 14.5. The molecule has 5 nitrogen and oxygen atoms in total. The van der Waals surface area contributed by atoms with E-state index >= 15 is 0 Å². The highest BCUT2D eigenvalue weighted by molar-refractivity contribution is 5.97. The molecule has 0 radical (unpaired) electrons. The molecule has 110 valence electrons. The molecule has 5 heteroatoms. The van der Waals surface area contributed by atoms with Gasteiger partial charge in [0.1, 0.15) is 5.75 Å². The number of hydrogen-bond acceptors (Lipinski definition) is 4. The lowest BCUT2D eigenvalue weighted by atomic mass is 10.1. The Labute approximate surface area is 119 Å². The minimum absolute atomic E-state index is 0.0247. The molecular formula is C15H22N2O3. The summed E-state index contributed by atoms with van der Waals surface area (Å²) in [4.78, 5) is 14.5. The lowest BCUT2D eigenvalue weighted by molar-refractivity contribution is -0.0427. The topological polar surface area (TPSA) is 64.8 Å². The molecule has 2 rings (SSSR count). The fourth-order valence-electron chi connectivity index (χ4n) is 2.32. The van der Waals surface area contributed by atoms with E-state index in [0.29, 0.717) is 37.6 Å². The molecule has 1 saturated heterocycles. The summed E-state index contributed by atoms with van der Waals surface area (Å²) in [6.07, 6.45) is -0.0885. The summed E-state index contributed by atoms with van der Waals surface area (Å²) in [5, 5.41) is 0. The van der Waals surface area contributed by atoms with Crippen molar-refractivity contribution in [1.29, 1.82) is 0 Å². The van der Waals surface area contributed by atoms with Crippen molar-refractivity contribution in [2.45, 2.75) is 26.0 Å². The predicted molar refractivity (Wildman–Crippen MR) is 76.9 cm³/mol. The highest BCUT2D eigenvalue weighted by Crippen LogP contribution is 2.22. The molecule has 20 heavy (non-hydrogen) atoms. The van der Waals surface area contributed by atoms with Gasteiger partial charge < -0.3 is 20.1 Å². The number of carbonyl (C=O) groups excluding carboxylic acids is 1. The van der Waals surface area contributed by atoms with Crippen molar-refractivity contribution in [1.82, 2.24) is 4.90 Å². The van der Waals surface area contributed by atoms with Crippen LogP contribution in [0, 0.1) is 0 Å². The van der Waals surface area contributed by atoms with Crippen LogP contribution in [0.25, 0.3) is 0 Å². The fraction of sp³-hybridized carbons (Fsp3) is 0.533. The zero-order valence-corrected chi connectivity index (χ0v) is 12.0. The third-order valence-corrected chi connectivity index (χ3v) is 3.45. The molecule has 2 N–H and O–H groups in total. The molecule has 1 aliphatic heterocycles. The Hall–Kier alpha value is -1.59. The Morgan fingerprint density at radius 3 is 2.95 bits per heavy atom. The molecule has 1 aromatic rings. The number of morpholine rings is 1. The Morgan fingerprint density at radius 2 is 2.25 bits per heavy atom. The summed E-state index contributed by atoms with van der Waals surface area (Å²) in [7, 11) is 0. The molecule has 1 fully saturated rings. The van der Waals surface area contributed by atoms with Gasteiger partial charge in [0.15, 0.2) is 0 Å². The standard InChI is InChI=1S/C15H22N2O3/c1-3-19-14-7-5-4-6-13(14)15(18)17-9-12(8-16)20-10-11(17)2/h4-7,11-12H,3,8-10,16H2,1-2H3. The molecular weight excluding hydrogens is 256 g/mol. The second kappa shape index (κ2) is 6.72. The van der Waals surface area contributed by atoms with E-state index in [1.54, 1.807) is 6.07 Å². The number of para-hydroxylation sites is 1. The quantitative estimate of drug-likeness (QED) is 0.901. The van der Waals surface area contributed by atoms with Gasteiger partial charge in [0.2, 0.25) is 0 Å². The zero-order valence-electron chi connectivity index (χ0n) is 12.0. The third-order valence-electron chi connectivity index (χ3n) is 3.45. The number of nitrogens with two attached hydrogens (primary N) is 1. The van der Waals surface area contributed by atoms with Crippen LogP contribution in [0.3, 0.4) is 0 Å². The van der Waals surface area contributed by atoms with Gasteiger partial charge in [0.05, 0.1) is 30.9 Å². The molecule has 1 heterocycles. The maximum absolute atomic E-state index is 12.7. The molecule has 0 aliphatic carbocycles. The summed E-state index contributed by atoms with van der Waals surface area (Å²) in [5.74, 6) is 0.603. The van der Waals surface area contributed by atoms with E-state index in [1.165, 1.54) is 0 Å². The first-order chi connectivity index (χ1) is 9.67. The highest BCUT2D eigenvalue weighted by atomic mass is 16.5. The molecule has 2 unspecified atom stereocenters. The van der Waals surface area contributed by atoms with Crippen LogP contribution in [-0.4, -0.2) is 49.3 Å². The average molecular weight is 278 g/mol. The smallest absolute Gasteiger partial charge is 0.258 e. The summed E-state index contributed by atoms with van der Waals surface area (Å²) >= 11 is 0. The van der Waals surface area contributed by atoms with Gasteiger partial charge in [-0.3, -0.25) is 4.79 Å². The largest absolute Gasteiger partial charge is 0.493 e. The number of amides is 1. The SMILES string of the molecule is CCOc1ccccc1C(=O)N1CC(CN)OCC1C. The second-order valence-corrected chi connectivity index (χ2v) is 4.93. The van der Waals surface area contributed by atoms with E-state index in [0.717, 1.165) is 0 Å². The van der Waals surface area contributed by atoms with Crippen LogP contribution in [-0.2, 0) is 4.74 Å². The number of benzene rings is 1. The number of nitrogens with zero attached hydrogens (tertiary/aromatic N) is 1. The predicted octanol–water partition coefficient (Wildman–Crippen LogP) is 1.27. The highest BCUT2D eigenvalue weighted by Gasteiger charge is 2.30. The third kappa shape index (κ3) is 3.11. The van der Waals surface area contributed by atoms with Crippen LogP contribution < -0.4 is 10.5 Å². The first-order valence-electron chi connectivity index (χ1n) is 7.01. The van der Waals surface area contributed by atoms with E-state index in [4.69, 9.17) is 15.2 Å². The molecule has 0 bridgehead atoms. The Kier molecular flexibility index (Phi) is 4.98. The van der Waals surface area contributed by atoms with E-state index < -0.39 is 0 Å². The van der Waals surface area contributed by atoms with E-state index in [9.17, 15) is 4.79 Å². The molecule has 1 aromatic carbocycles. The van der Waals surface area contributed by atoms with Crippen molar-refractivity contribution >= 4 is 5.91 Å². The van der Waals surface area contributed by atoms with Crippen LogP contribution in [0.1, 0.15) is 24.2 Å². The minimum atomic E-state index is -0.0885. The molecule has 0 aromatic heterocycles. The van der Waals surface area contributed by atoms with E-state index in [1.807, 2.05) is 36.9 Å². The summed E-state index contributed by atoms with van der Waals surface area (Å²) in [6, 6.07) is 7.38. The van der Waals surface area contributed by atoms with Crippen LogP contribution in [0.4, 0.5) is 0 Å². The van der Waals surface area contributed by atoms with Gasteiger partial charge in [-0.25, -0.2) is 0 Å². The van der Waals surface area contributed by atoms with Crippen LogP contribution in [0.2, 0.25) is 0 Å². The molecule has 0 saturated carbocycles. The summed E-state index contributed by atoms with van der Waals surface area (Å²) in [5.41, 5.74) is 6.24. The number of ether oxygens (including phenoxy) is 2. The van der Waals surface area contributed by atoms with Gasteiger partial charge >= 0.3 is 0 Å². The van der Waals surface area contributed by atoms with Gasteiger partial charge in [0.25, 0.3) is 5.91 Å². The lowest BCUT2D eigenvalue weighted by Gasteiger charge is -2.37. The van der Waals surface area contributed by atoms with Crippen molar-refractivity contribution in [2.24, 2.45) is 5.73 Å². The number of hydrogen-bond donors (Lipinski definition) is 1. The Morgan fingerprint density at radius 1 is 1.50 bits per heavy atom. The Balaban J connectivity index is 2.21. The van der Waals surface area contributed by atoms with E-state index in [-0.39, 0.29) is 18.1 Å². The minimum Gasteiger partial charge on any atom is -0.493 e. The fourth-order valence-corrected chi connectivity index (χ4v) is 2.32. The second-order valence-electron chi connectivity index (χ2n) is 4.93. The number of rotatable bonds is 4. The van der Waals surface area contributed by atoms with Crippen molar-refractivity contribution in [2.75, 3.05) is 26.3 Å². The normalized spacial score (nSPS) is 22.6. The van der Waals surface area contributed by atoms with Crippen molar-refractivity contribution in [3.63, 3.8) is 0 Å². The lowest BCUT2D eigenvalue weighted by Crippen LogP contribution is -2.52. The summed E-state index contributed by atoms with van der Waals surface area (Å²) in [6.45, 7) is 5.89. The molecule has 2 atom stereocenters. The van der Waals surface area contributed by atoms with Gasteiger partial charge in [-0.15, -0.1) is 0 Å². The van der Waals surface area contributed by atoms with Crippen molar-refractivity contribution in [3.05, 3.63) is 29.8 Å². The maximum Gasteiger partial charge on any atom is 0.258 e. The molecule has 1 aliphatic rings. The van der Waals surface area contributed by atoms with Crippen LogP contribution in [0.15, 0.2) is 24.3 Å². The molecule has 0 spiro atoms. The maximum atomic E-state index is 12.7. The van der Waals surface area contributed by atoms with Gasteiger partial charge in [-0.05, 0) is 26.0 Å².